The zero-order valence-electron chi connectivity index (χ0n) is 8.95. The number of H-pyrrole nitrogens is 1. The molecule has 0 radical (unpaired) electrons. The van der Waals surface area contributed by atoms with Crippen molar-refractivity contribution in [1.82, 2.24) is 15.2 Å². The van der Waals surface area contributed by atoms with E-state index in [0.717, 1.165) is 18.1 Å². The van der Waals surface area contributed by atoms with Crippen molar-refractivity contribution in [3.8, 4) is 0 Å². The number of aromatic amines is 1. The molecule has 2 aliphatic rings. The van der Waals surface area contributed by atoms with Crippen molar-refractivity contribution in [3.63, 3.8) is 0 Å². The number of nitrogens with two attached hydrogens (primary N) is 1. The lowest BCUT2D eigenvalue weighted by atomic mass is 9.84. The maximum absolute atomic E-state index is 6.12. The largest absolute Gasteiger partial charge is 0.327 e. The lowest BCUT2D eigenvalue weighted by molar-refractivity contribution is 0.373. The second-order valence-corrected chi connectivity index (χ2v) is 4.91. The number of rotatable bonds is 2. The van der Waals surface area contributed by atoms with Crippen LogP contribution in [0.3, 0.4) is 0 Å². The van der Waals surface area contributed by atoms with Crippen molar-refractivity contribution in [2.45, 2.75) is 56.4 Å². The van der Waals surface area contributed by atoms with E-state index in [9.17, 15) is 0 Å². The van der Waals surface area contributed by atoms with Gasteiger partial charge in [0.25, 0.3) is 0 Å². The molecule has 2 saturated carbocycles. The average Bonchev–Trinajstić information content (AvgIpc) is 2.99. The van der Waals surface area contributed by atoms with Gasteiger partial charge in [0.1, 0.15) is 5.82 Å². The SMILES string of the molecule is NC1CCCCC1c1nc(C2CC2)n[nH]1. The van der Waals surface area contributed by atoms with E-state index in [1.165, 1.54) is 32.1 Å². The number of hydrogen-bond acceptors (Lipinski definition) is 3. The molecule has 0 aliphatic heterocycles. The van der Waals surface area contributed by atoms with Crippen molar-refractivity contribution in [1.29, 1.82) is 0 Å². The second-order valence-electron chi connectivity index (χ2n) is 4.91. The Labute approximate surface area is 89.7 Å². The smallest absolute Gasteiger partial charge is 0.153 e. The van der Waals surface area contributed by atoms with Gasteiger partial charge in [-0.2, -0.15) is 5.10 Å². The molecule has 4 nitrogen and oxygen atoms in total. The molecule has 82 valence electrons. The Hall–Kier alpha value is -0.900. The van der Waals surface area contributed by atoms with Gasteiger partial charge in [-0.15, -0.1) is 0 Å². The highest BCUT2D eigenvalue weighted by molar-refractivity contribution is 5.09. The molecule has 0 aromatic carbocycles. The fourth-order valence-electron chi connectivity index (χ4n) is 2.48. The highest BCUT2D eigenvalue weighted by Gasteiger charge is 2.31. The van der Waals surface area contributed by atoms with Crippen LogP contribution < -0.4 is 5.73 Å². The molecule has 2 aliphatic carbocycles. The molecule has 1 heterocycles. The van der Waals surface area contributed by atoms with Crippen molar-refractivity contribution in [3.05, 3.63) is 11.6 Å². The van der Waals surface area contributed by atoms with Crippen LogP contribution in [0.1, 0.15) is 62.0 Å². The first-order valence-electron chi connectivity index (χ1n) is 6.02. The van der Waals surface area contributed by atoms with Crippen molar-refractivity contribution >= 4 is 0 Å². The molecule has 1 aromatic heterocycles. The monoisotopic (exact) mass is 206 g/mol. The van der Waals surface area contributed by atoms with Crippen molar-refractivity contribution in [2.75, 3.05) is 0 Å². The van der Waals surface area contributed by atoms with E-state index in [4.69, 9.17) is 5.73 Å². The predicted molar refractivity (Wildman–Crippen MR) is 57.5 cm³/mol. The van der Waals surface area contributed by atoms with Crippen LogP contribution in [0.4, 0.5) is 0 Å². The Morgan fingerprint density at radius 2 is 1.93 bits per heavy atom. The van der Waals surface area contributed by atoms with Crippen LogP contribution in [0.15, 0.2) is 0 Å². The van der Waals surface area contributed by atoms with E-state index in [0.29, 0.717) is 11.8 Å². The number of nitrogens with zero attached hydrogens (tertiary/aromatic N) is 2. The average molecular weight is 206 g/mol. The molecule has 0 saturated heterocycles. The normalized spacial score (nSPS) is 31.8. The minimum atomic E-state index is 0.277. The van der Waals surface area contributed by atoms with E-state index >= 15 is 0 Å². The number of nitrogens with one attached hydrogen (secondary N) is 1. The molecular weight excluding hydrogens is 188 g/mol. The van der Waals surface area contributed by atoms with E-state index in [2.05, 4.69) is 15.2 Å². The molecule has 0 bridgehead atoms. The second kappa shape index (κ2) is 3.59. The summed E-state index contributed by atoms with van der Waals surface area (Å²) < 4.78 is 0. The summed E-state index contributed by atoms with van der Waals surface area (Å²) in [7, 11) is 0. The zero-order valence-corrected chi connectivity index (χ0v) is 8.95. The predicted octanol–water partition coefficient (Wildman–Crippen LogP) is 1.67. The van der Waals surface area contributed by atoms with Gasteiger partial charge in [0.05, 0.1) is 0 Å². The van der Waals surface area contributed by atoms with Crippen molar-refractivity contribution in [2.24, 2.45) is 5.73 Å². The summed E-state index contributed by atoms with van der Waals surface area (Å²) in [5.74, 6) is 3.10. The first kappa shape index (κ1) is 9.33. The summed E-state index contributed by atoms with van der Waals surface area (Å²) in [5.41, 5.74) is 6.12. The van der Waals surface area contributed by atoms with Gasteiger partial charge < -0.3 is 5.73 Å². The van der Waals surface area contributed by atoms with Crippen LogP contribution in [0.5, 0.6) is 0 Å². The van der Waals surface area contributed by atoms with Gasteiger partial charge in [-0.25, -0.2) is 4.98 Å². The quantitative estimate of drug-likeness (QED) is 0.773. The maximum Gasteiger partial charge on any atom is 0.153 e. The van der Waals surface area contributed by atoms with Gasteiger partial charge in [-0.05, 0) is 25.7 Å². The lowest BCUT2D eigenvalue weighted by Crippen LogP contribution is -2.32. The molecule has 2 fully saturated rings. The zero-order chi connectivity index (χ0) is 10.3. The lowest BCUT2D eigenvalue weighted by Gasteiger charge is -2.26. The fraction of sp³-hybridized carbons (Fsp3) is 0.818. The molecule has 3 N–H and O–H groups in total. The molecule has 0 spiro atoms. The Morgan fingerprint density at radius 1 is 1.13 bits per heavy atom. The number of aromatic nitrogens is 3. The van der Waals surface area contributed by atoms with Gasteiger partial charge in [-0.1, -0.05) is 12.8 Å². The highest BCUT2D eigenvalue weighted by atomic mass is 15.2. The Morgan fingerprint density at radius 3 is 2.67 bits per heavy atom. The molecular formula is C11H18N4. The molecule has 0 amide bonds. The summed E-state index contributed by atoms with van der Waals surface area (Å²) >= 11 is 0. The Balaban J connectivity index is 1.78. The standard InChI is InChI=1S/C11H18N4/c12-9-4-2-1-3-8(9)11-13-10(14-15-11)7-5-6-7/h7-9H,1-6,12H2,(H,13,14,15). The third kappa shape index (κ3) is 1.78. The summed E-state index contributed by atoms with van der Waals surface area (Å²) in [6.45, 7) is 0. The highest BCUT2D eigenvalue weighted by Crippen LogP contribution is 2.39. The summed E-state index contributed by atoms with van der Waals surface area (Å²) in [6, 6.07) is 0.277. The molecule has 15 heavy (non-hydrogen) atoms. The molecule has 4 heteroatoms. The van der Waals surface area contributed by atoms with Gasteiger partial charge in [0.2, 0.25) is 0 Å². The molecule has 2 unspecified atom stereocenters. The summed E-state index contributed by atoms with van der Waals surface area (Å²) in [4.78, 5) is 4.60. The van der Waals surface area contributed by atoms with Crippen LogP contribution in [0, 0.1) is 0 Å². The topological polar surface area (TPSA) is 67.6 Å². The third-order valence-corrected chi connectivity index (χ3v) is 3.63. The van der Waals surface area contributed by atoms with E-state index in [1.807, 2.05) is 0 Å². The van der Waals surface area contributed by atoms with Gasteiger partial charge >= 0.3 is 0 Å². The van der Waals surface area contributed by atoms with Crippen LogP contribution in [0.25, 0.3) is 0 Å². The molecule has 2 atom stereocenters. The Bertz CT molecular complexity index is 342. The van der Waals surface area contributed by atoms with Crippen LogP contribution in [-0.2, 0) is 0 Å². The van der Waals surface area contributed by atoms with E-state index in [1.54, 1.807) is 0 Å². The summed E-state index contributed by atoms with van der Waals surface area (Å²) in [5, 5.41) is 7.38. The van der Waals surface area contributed by atoms with Crippen LogP contribution >= 0.6 is 0 Å². The van der Waals surface area contributed by atoms with Crippen molar-refractivity contribution < 1.29 is 0 Å². The molecule has 1 aromatic rings. The van der Waals surface area contributed by atoms with Gasteiger partial charge in [0, 0.05) is 17.9 Å². The van der Waals surface area contributed by atoms with Gasteiger partial charge in [0.15, 0.2) is 5.82 Å². The van der Waals surface area contributed by atoms with Crippen LogP contribution in [0.2, 0.25) is 0 Å². The maximum atomic E-state index is 6.12. The van der Waals surface area contributed by atoms with Gasteiger partial charge in [-0.3, -0.25) is 5.10 Å². The first-order chi connectivity index (χ1) is 7.34. The summed E-state index contributed by atoms with van der Waals surface area (Å²) in [6.07, 6.45) is 7.35. The molecule has 3 rings (SSSR count). The fourth-order valence-corrected chi connectivity index (χ4v) is 2.48. The Kier molecular flexibility index (Phi) is 2.24. The van der Waals surface area contributed by atoms with Crippen LogP contribution in [-0.4, -0.2) is 21.2 Å². The minimum absolute atomic E-state index is 0.277. The third-order valence-electron chi connectivity index (χ3n) is 3.63. The number of hydrogen-bond donors (Lipinski definition) is 2. The van der Waals surface area contributed by atoms with E-state index < -0.39 is 0 Å². The first-order valence-corrected chi connectivity index (χ1v) is 6.02. The minimum Gasteiger partial charge on any atom is -0.327 e. The van der Waals surface area contributed by atoms with E-state index in [-0.39, 0.29) is 6.04 Å².